The van der Waals surface area contributed by atoms with Crippen molar-refractivity contribution in [3.8, 4) is 0 Å². The van der Waals surface area contributed by atoms with Crippen LogP contribution in [0.3, 0.4) is 0 Å². The van der Waals surface area contributed by atoms with Crippen LogP contribution in [0.15, 0.2) is 66.7 Å². The van der Waals surface area contributed by atoms with E-state index in [1.54, 1.807) is 0 Å². The van der Waals surface area contributed by atoms with Gasteiger partial charge >= 0.3 is 0 Å². The molecule has 0 aliphatic rings. The van der Waals surface area contributed by atoms with Crippen LogP contribution >= 0.6 is 0 Å². The average molecular weight is 249 g/mol. The molecule has 1 N–H and O–H groups in total. The smallest absolute Gasteiger partial charge is 0.00613 e. The summed E-state index contributed by atoms with van der Waals surface area (Å²) in [6, 6.07) is 20.9. The third-order valence-corrected chi connectivity index (χ3v) is 3.04. The molecule has 0 fully saturated rings. The molecular formula is C18H19N. The Labute approximate surface area is 115 Å². The zero-order chi connectivity index (χ0) is 13.5. The lowest BCUT2D eigenvalue weighted by atomic mass is 9.96. The van der Waals surface area contributed by atoms with E-state index < -0.39 is 0 Å². The highest BCUT2D eigenvalue weighted by Gasteiger charge is 2.03. The fourth-order valence-electron chi connectivity index (χ4n) is 2.07. The fourth-order valence-corrected chi connectivity index (χ4v) is 2.07. The maximum atomic E-state index is 7.52. The van der Waals surface area contributed by atoms with E-state index in [-0.39, 0.29) is 0 Å². The molecule has 96 valence electrons. The van der Waals surface area contributed by atoms with Gasteiger partial charge in [0.1, 0.15) is 0 Å². The molecule has 1 nitrogen and oxygen atoms in total. The Morgan fingerprint density at radius 3 is 1.79 bits per heavy atom. The van der Waals surface area contributed by atoms with Crippen LogP contribution in [-0.2, 0) is 0 Å². The molecule has 0 heterocycles. The van der Waals surface area contributed by atoms with Crippen LogP contribution in [0.2, 0.25) is 0 Å². The molecule has 0 radical (unpaired) electrons. The molecule has 0 spiro atoms. The standard InChI is InChI=1S/C18H19N/c1-15(19)9-8-14-18(16-10-4-2-5-11-16)17-12-6-3-7-13-17/h2-7,10-14,19H,8-9H2,1H3. The number of hydrogen-bond donors (Lipinski definition) is 1. The van der Waals surface area contributed by atoms with Gasteiger partial charge in [0, 0.05) is 5.71 Å². The van der Waals surface area contributed by atoms with Gasteiger partial charge in [0.2, 0.25) is 0 Å². The summed E-state index contributed by atoms with van der Waals surface area (Å²) in [6.45, 7) is 1.86. The van der Waals surface area contributed by atoms with Crippen LogP contribution in [0.5, 0.6) is 0 Å². The molecule has 19 heavy (non-hydrogen) atoms. The second-order valence-electron chi connectivity index (χ2n) is 4.67. The molecule has 0 bridgehead atoms. The second-order valence-corrected chi connectivity index (χ2v) is 4.67. The predicted octanol–water partition coefficient (Wildman–Crippen LogP) is 4.94. The monoisotopic (exact) mass is 249 g/mol. The average Bonchev–Trinajstić information content (AvgIpc) is 2.45. The first-order valence-electron chi connectivity index (χ1n) is 6.62. The summed E-state index contributed by atoms with van der Waals surface area (Å²) < 4.78 is 0. The van der Waals surface area contributed by atoms with E-state index in [1.807, 2.05) is 19.1 Å². The Kier molecular flexibility index (Phi) is 4.68. The summed E-state index contributed by atoms with van der Waals surface area (Å²) in [4.78, 5) is 0. The molecule has 0 aliphatic heterocycles. The first-order chi connectivity index (χ1) is 9.27. The van der Waals surface area contributed by atoms with Crippen molar-refractivity contribution in [2.75, 3.05) is 0 Å². The van der Waals surface area contributed by atoms with E-state index in [9.17, 15) is 0 Å². The SMILES string of the molecule is CC(=N)CCC=C(c1ccccc1)c1ccccc1. The van der Waals surface area contributed by atoms with Gasteiger partial charge in [0.05, 0.1) is 0 Å². The zero-order valence-corrected chi connectivity index (χ0v) is 11.3. The molecule has 0 aromatic heterocycles. The Hall–Kier alpha value is -2.15. The van der Waals surface area contributed by atoms with E-state index >= 15 is 0 Å². The topological polar surface area (TPSA) is 23.9 Å². The predicted molar refractivity (Wildman–Crippen MR) is 82.6 cm³/mol. The number of nitrogens with one attached hydrogen (secondary N) is 1. The number of rotatable bonds is 5. The minimum atomic E-state index is 0.733. The van der Waals surface area contributed by atoms with Crippen molar-refractivity contribution in [2.24, 2.45) is 0 Å². The Bertz CT molecular complexity index is 511. The van der Waals surface area contributed by atoms with E-state index in [0.29, 0.717) is 0 Å². The molecule has 0 aliphatic carbocycles. The highest BCUT2D eigenvalue weighted by molar-refractivity contribution is 5.81. The third kappa shape index (κ3) is 3.92. The molecule has 0 saturated heterocycles. The van der Waals surface area contributed by atoms with Crippen molar-refractivity contribution in [3.05, 3.63) is 77.9 Å². The molecule has 2 aromatic carbocycles. The Morgan fingerprint density at radius 2 is 1.37 bits per heavy atom. The summed E-state index contributed by atoms with van der Waals surface area (Å²) in [5.41, 5.74) is 4.45. The minimum absolute atomic E-state index is 0.733. The summed E-state index contributed by atoms with van der Waals surface area (Å²) in [5.74, 6) is 0. The van der Waals surface area contributed by atoms with Crippen molar-refractivity contribution < 1.29 is 0 Å². The highest BCUT2D eigenvalue weighted by Crippen LogP contribution is 2.23. The van der Waals surface area contributed by atoms with E-state index in [2.05, 4.69) is 54.6 Å². The maximum absolute atomic E-state index is 7.52. The second kappa shape index (κ2) is 6.69. The lowest BCUT2D eigenvalue weighted by Crippen LogP contribution is -1.90. The van der Waals surface area contributed by atoms with E-state index in [4.69, 9.17) is 5.41 Å². The largest absolute Gasteiger partial charge is 0.310 e. The van der Waals surface area contributed by atoms with Crippen LogP contribution in [0.1, 0.15) is 30.9 Å². The number of benzene rings is 2. The van der Waals surface area contributed by atoms with E-state index in [1.165, 1.54) is 16.7 Å². The molecule has 0 amide bonds. The summed E-state index contributed by atoms with van der Waals surface area (Å²) in [6.07, 6.45) is 3.97. The highest BCUT2D eigenvalue weighted by atomic mass is 14.4. The maximum Gasteiger partial charge on any atom is 0.00613 e. The first-order valence-corrected chi connectivity index (χ1v) is 6.62. The number of hydrogen-bond acceptors (Lipinski definition) is 1. The van der Waals surface area contributed by atoms with Gasteiger partial charge in [-0.1, -0.05) is 66.7 Å². The molecule has 2 aromatic rings. The van der Waals surface area contributed by atoms with Crippen LogP contribution < -0.4 is 0 Å². The molecule has 0 saturated carbocycles. The number of allylic oxidation sites excluding steroid dienone is 1. The van der Waals surface area contributed by atoms with Crippen molar-refractivity contribution in [1.29, 1.82) is 5.41 Å². The molecule has 0 atom stereocenters. The lowest BCUT2D eigenvalue weighted by molar-refractivity contribution is 1.08. The van der Waals surface area contributed by atoms with Crippen molar-refractivity contribution in [2.45, 2.75) is 19.8 Å². The van der Waals surface area contributed by atoms with Crippen LogP contribution in [0, 0.1) is 5.41 Å². The van der Waals surface area contributed by atoms with Crippen molar-refractivity contribution in [1.82, 2.24) is 0 Å². The summed E-state index contributed by atoms with van der Waals surface area (Å²) in [7, 11) is 0. The van der Waals surface area contributed by atoms with Gasteiger partial charge in [-0.3, -0.25) is 0 Å². The molecular weight excluding hydrogens is 230 g/mol. The lowest BCUT2D eigenvalue weighted by Gasteiger charge is -2.08. The third-order valence-electron chi connectivity index (χ3n) is 3.04. The normalized spacial score (nSPS) is 9.95. The van der Waals surface area contributed by atoms with Crippen LogP contribution in [0.25, 0.3) is 5.57 Å². The van der Waals surface area contributed by atoms with Gasteiger partial charge in [-0.05, 0) is 36.5 Å². The summed E-state index contributed by atoms with van der Waals surface area (Å²) >= 11 is 0. The summed E-state index contributed by atoms with van der Waals surface area (Å²) in [5, 5.41) is 7.52. The van der Waals surface area contributed by atoms with Gasteiger partial charge in [0.25, 0.3) is 0 Å². The van der Waals surface area contributed by atoms with E-state index in [0.717, 1.165) is 18.6 Å². The fraction of sp³-hybridized carbons (Fsp3) is 0.167. The minimum Gasteiger partial charge on any atom is -0.310 e. The molecule has 1 heteroatoms. The molecule has 0 unspecified atom stereocenters. The Balaban J connectivity index is 2.31. The van der Waals surface area contributed by atoms with Crippen LogP contribution in [-0.4, -0.2) is 5.71 Å². The van der Waals surface area contributed by atoms with Crippen molar-refractivity contribution >= 4 is 11.3 Å². The van der Waals surface area contributed by atoms with Gasteiger partial charge in [-0.25, -0.2) is 0 Å². The van der Waals surface area contributed by atoms with Gasteiger partial charge in [-0.2, -0.15) is 0 Å². The molecule has 2 rings (SSSR count). The first kappa shape index (κ1) is 13.3. The Morgan fingerprint density at radius 1 is 0.895 bits per heavy atom. The van der Waals surface area contributed by atoms with Gasteiger partial charge in [0.15, 0.2) is 0 Å². The van der Waals surface area contributed by atoms with Gasteiger partial charge in [-0.15, -0.1) is 0 Å². The van der Waals surface area contributed by atoms with Crippen molar-refractivity contribution in [3.63, 3.8) is 0 Å². The van der Waals surface area contributed by atoms with Gasteiger partial charge < -0.3 is 5.41 Å². The quantitative estimate of drug-likeness (QED) is 0.726. The zero-order valence-electron chi connectivity index (χ0n) is 11.3. The van der Waals surface area contributed by atoms with Crippen LogP contribution in [0.4, 0.5) is 0 Å².